The molecule has 3 aliphatic rings. The molecule has 0 radical (unpaired) electrons. The van der Waals surface area contributed by atoms with Gasteiger partial charge in [-0.15, -0.1) is 5.47 Å². The molecule has 1 aliphatic heterocycles. The molecule has 21 heavy (non-hydrogen) atoms. The summed E-state index contributed by atoms with van der Waals surface area (Å²) in [5, 5.41) is 0. The molecule has 0 aromatic rings. The number of piperidine rings is 1. The minimum absolute atomic E-state index is 0.826. The van der Waals surface area contributed by atoms with Gasteiger partial charge in [-0.05, 0) is 64.5 Å². The summed E-state index contributed by atoms with van der Waals surface area (Å²) in [6, 6.07) is 0.829. The van der Waals surface area contributed by atoms with E-state index in [2.05, 4.69) is 37.8 Å². The standard InChI is InChI=1S/C18H31BN2/c1-20(2)18(14-5-3-6-14)15-9-11-21(12-10-15)17-8-4-7-16(19)13-17/h7,15,17H,3-6,8-13,19H2,1-2H3/t17-/m0/s1. The van der Waals surface area contributed by atoms with Gasteiger partial charge in [0.2, 0.25) is 0 Å². The lowest BCUT2D eigenvalue weighted by molar-refractivity contribution is 0.125. The fourth-order valence-electron chi connectivity index (χ4n) is 4.51. The fourth-order valence-corrected chi connectivity index (χ4v) is 4.51. The molecule has 2 aliphatic carbocycles. The molecule has 1 heterocycles. The highest BCUT2D eigenvalue weighted by atomic mass is 15.2. The fraction of sp³-hybridized carbons (Fsp3) is 0.778. The first-order chi connectivity index (χ1) is 10.1. The maximum atomic E-state index is 2.78. The van der Waals surface area contributed by atoms with Gasteiger partial charge in [0, 0.05) is 31.8 Å². The first-order valence-electron chi connectivity index (χ1n) is 8.94. The number of likely N-dealkylation sites (tertiary alicyclic amines) is 1. The second-order valence-electron chi connectivity index (χ2n) is 7.53. The predicted molar refractivity (Wildman–Crippen MR) is 93.1 cm³/mol. The Bertz CT molecular complexity index is 424. The molecular weight excluding hydrogens is 255 g/mol. The largest absolute Gasteiger partial charge is 0.381 e. The van der Waals surface area contributed by atoms with Crippen molar-refractivity contribution in [3.63, 3.8) is 0 Å². The molecule has 3 heteroatoms. The Labute approximate surface area is 131 Å². The van der Waals surface area contributed by atoms with Crippen LogP contribution in [0.3, 0.4) is 0 Å². The van der Waals surface area contributed by atoms with Crippen LogP contribution in [0.25, 0.3) is 0 Å². The van der Waals surface area contributed by atoms with Gasteiger partial charge >= 0.3 is 0 Å². The monoisotopic (exact) mass is 286 g/mol. The molecule has 0 amide bonds. The topological polar surface area (TPSA) is 6.48 Å². The lowest BCUT2D eigenvalue weighted by Gasteiger charge is -2.42. The van der Waals surface area contributed by atoms with Crippen molar-refractivity contribution in [2.75, 3.05) is 27.2 Å². The maximum absolute atomic E-state index is 2.78. The van der Waals surface area contributed by atoms with Gasteiger partial charge < -0.3 is 9.80 Å². The zero-order valence-electron chi connectivity index (χ0n) is 14.2. The van der Waals surface area contributed by atoms with Crippen molar-refractivity contribution in [1.29, 1.82) is 0 Å². The summed E-state index contributed by atoms with van der Waals surface area (Å²) in [4.78, 5) is 5.20. The highest BCUT2D eigenvalue weighted by molar-refractivity contribution is 6.21. The van der Waals surface area contributed by atoms with E-state index < -0.39 is 0 Å². The lowest BCUT2D eigenvalue weighted by Crippen LogP contribution is -2.43. The van der Waals surface area contributed by atoms with Crippen molar-refractivity contribution in [2.45, 2.75) is 57.4 Å². The smallest absolute Gasteiger partial charge is 0.133 e. The molecule has 1 atom stereocenters. The molecular formula is C18H31BN2. The molecule has 0 bridgehead atoms. The Hall–Kier alpha value is -0.695. The third kappa shape index (κ3) is 3.39. The summed E-state index contributed by atoms with van der Waals surface area (Å²) in [6.07, 6.45) is 13.3. The summed E-state index contributed by atoms with van der Waals surface area (Å²) in [5.74, 6) is 0.826. The quantitative estimate of drug-likeness (QED) is 0.736. The van der Waals surface area contributed by atoms with Crippen molar-refractivity contribution in [1.82, 2.24) is 9.80 Å². The van der Waals surface area contributed by atoms with Gasteiger partial charge in [0.25, 0.3) is 0 Å². The Morgan fingerprint density at radius 2 is 1.90 bits per heavy atom. The maximum Gasteiger partial charge on any atom is 0.133 e. The van der Waals surface area contributed by atoms with E-state index in [1.54, 1.807) is 16.7 Å². The first-order valence-corrected chi connectivity index (χ1v) is 8.94. The number of rotatable bonds is 3. The van der Waals surface area contributed by atoms with Gasteiger partial charge in [0.15, 0.2) is 0 Å². The minimum Gasteiger partial charge on any atom is -0.381 e. The molecule has 0 N–H and O–H groups in total. The van der Waals surface area contributed by atoms with Gasteiger partial charge in [0.1, 0.15) is 7.85 Å². The van der Waals surface area contributed by atoms with Crippen LogP contribution in [0.15, 0.2) is 22.8 Å². The van der Waals surface area contributed by atoms with E-state index in [0.717, 1.165) is 12.0 Å². The third-order valence-electron chi connectivity index (χ3n) is 5.78. The lowest BCUT2D eigenvalue weighted by atomic mass is 9.80. The van der Waals surface area contributed by atoms with Crippen LogP contribution in [0.1, 0.15) is 51.4 Å². The molecule has 0 aromatic heterocycles. The molecule has 0 aromatic carbocycles. The molecule has 116 valence electrons. The van der Waals surface area contributed by atoms with E-state index >= 15 is 0 Å². The Balaban J connectivity index is 1.58. The van der Waals surface area contributed by atoms with E-state index in [4.69, 9.17) is 0 Å². The first kappa shape index (κ1) is 15.2. The summed E-state index contributed by atoms with van der Waals surface area (Å²) in [6.45, 7) is 2.63. The van der Waals surface area contributed by atoms with Crippen LogP contribution in [0.5, 0.6) is 0 Å². The number of hydrogen-bond acceptors (Lipinski definition) is 2. The molecule has 2 fully saturated rings. The van der Waals surface area contributed by atoms with E-state index in [1.807, 2.05) is 0 Å². The zero-order chi connectivity index (χ0) is 14.8. The Kier molecular flexibility index (Phi) is 4.78. The molecule has 1 saturated heterocycles. The Morgan fingerprint density at radius 3 is 2.43 bits per heavy atom. The van der Waals surface area contributed by atoms with Crippen LogP contribution in [0, 0.1) is 5.92 Å². The normalized spacial score (nSPS) is 28.0. The SMILES string of the molecule is BC1=CCC[C@H](N2CCC(C(=C3CCC3)N(C)C)CC2)C1. The molecule has 0 spiro atoms. The van der Waals surface area contributed by atoms with Crippen molar-refractivity contribution in [3.05, 3.63) is 22.8 Å². The average Bonchev–Trinajstić information content (AvgIpc) is 2.42. The van der Waals surface area contributed by atoms with Crippen molar-refractivity contribution in [2.24, 2.45) is 5.92 Å². The summed E-state index contributed by atoms with van der Waals surface area (Å²) in [5.41, 5.74) is 5.06. The third-order valence-corrected chi connectivity index (χ3v) is 5.78. The predicted octanol–water partition coefficient (Wildman–Crippen LogP) is 2.77. The van der Waals surface area contributed by atoms with Gasteiger partial charge in [-0.3, -0.25) is 0 Å². The summed E-state index contributed by atoms with van der Waals surface area (Å²) >= 11 is 0. The van der Waals surface area contributed by atoms with Crippen LogP contribution in [-0.4, -0.2) is 50.9 Å². The zero-order valence-corrected chi connectivity index (χ0v) is 14.2. The molecule has 3 rings (SSSR count). The van der Waals surface area contributed by atoms with Gasteiger partial charge in [0.05, 0.1) is 0 Å². The van der Waals surface area contributed by atoms with E-state index in [1.165, 1.54) is 64.5 Å². The van der Waals surface area contributed by atoms with Gasteiger partial charge in [-0.25, -0.2) is 0 Å². The molecule has 0 unspecified atom stereocenters. The highest BCUT2D eigenvalue weighted by Gasteiger charge is 2.30. The van der Waals surface area contributed by atoms with E-state index in [-0.39, 0.29) is 0 Å². The second kappa shape index (κ2) is 6.60. The van der Waals surface area contributed by atoms with Crippen LogP contribution in [-0.2, 0) is 0 Å². The van der Waals surface area contributed by atoms with Crippen LogP contribution >= 0.6 is 0 Å². The van der Waals surface area contributed by atoms with Crippen LogP contribution < -0.4 is 0 Å². The minimum atomic E-state index is 0.826. The summed E-state index contributed by atoms with van der Waals surface area (Å²) < 4.78 is 0. The average molecular weight is 286 g/mol. The van der Waals surface area contributed by atoms with Crippen LogP contribution in [0.4, 0.5) is 0 Å². The van der Waals surface area contributed by atoms with Crippen molar-refractivity contribution < 1.29 is 0 Å². The number of allylic oxidation sites excluding steroid dienone is 3. The van der Waals surface area contributed by atoms with E-state index in [0.29, 0.717) is 0 Å². The Morgan fingerprint density at radius 1 is 1.19 bits per heavy atom. The number of hydrogen-bond donors (Lipinski definition) is 0. The second-order valence-corrected chi connectivity index (χ2v) is 7.53. The van der Waals surface area contributed by atoms with Crippen molar-refractivity contribution >= 4 is 7.85 Å². The van der Waals surface area contributed by atoms with Gasteiger partial charge in [-0.2, -0.15) is 0 Å². The van der Waals surface area contributed by atoms with E-state index in [9.17, 15) is 0 Å². The summed E-state index contributed by atoms with van der Waals surface area (Å²) in [7, 11) is 6.81. The highest BCUT2D eigenvalue weighted by Crippen LogP contribution is 2.37. The van der Waals surface area contributed by atoms with Gasteiger partial charge in [-0.1, -0.05) is 11.6 Å². The molecule has 1 saturated carbocycles. The van der Waals surface area contributed by atoms with Crippen molar-refractivity contribution in [3.8, 4) is 0 Å². The number of nitrogens with zero attached hydrogens (tertiary/aromatic N) is 2. The molecule has 2 nitrogen and oxygen atoms in total. The van der Waals surface area contributed by atoms with Crippen LogP contribution in [0.2, 0.25) is 0 Å².